The Morgan fingerprint density at radius 1 is 1.15 bits per heavy atom. The van der Waals surface area contributed by atoms with Crippen LogP contribution in [0, 0.1) is 0 Å². The van der Waals surface area contributed by atoms with Gasteiger partial charge in [-0.2, -0.15) is 10.2 Å². The van der Waals surface area contributed by atoms with Gasteiger partial charge in [0.15, 0.2) is 0 Å². The fraction of sp³-hybridized carbons (Fsp3) is 0. The van der Waals surface area contributed by atoms with Crippen molar-refractivity contribution < 1.29 is 15.0 Å². The first kappa shape index (κ1) is 17.8. The summed E-state index contributed by atoms with van der Waals surface area (Å²) in [5.74, 6) is -0.762. The van der Waals surface area contributed by atoms with Crippen LogP contribution in [0.1, 0.15) is 16.1 Å². The molecule has 0 unspecified atom stereocenters. The van der Waals surface area contributed by atoms with Crippen molar-refractivity contribution in [3.63, 3.8) is 0 Å². The van der Waals surface area contributed by atoms with E-state index in [1.165, 1.54) is 30.5 Å². The summed E-state index contributed by atoms with van der Waals surface area (Å²) < 4.78 is 0. The average Bonchev–Trinajstić information content (AvgIpc) is 3.06. The van der Waals surface area contributed by atoms with Crippen molar-refractivity contribution in [1.82, 2.24) is 15.6 Å². The monoisotopic (exact) mass is 390 g/mol. The van der Waals surface area contributed by atoms with E-state index in [9.17, 15) is 15.0 Å². The molecule has 0 radical (unpaired) electrons. The lowest BCUT2D eigenvalue weighted by Gasteiger charge is -2.00. The molecule has 3 rings (SSSR count). The van der Waals surface area contributed by atoms with Crippen LogP contribution in [0.5, 0.6) is 11.5 Å². The number of phenols is 2. The Morgan fingerprint density at radius 3 is 2.69 bits per heavy atom. The maximum absolute atomic E-state index is 12.1. The standard InChI is InChI=1S/C17H12Cl2N4O3/c18-10-2-4-12(13(19)5-10)14-7-15(22-21-14)17(26)23-20-8-9-1-3-11(24)6-16(9)25/h1-8,24-25H,(H,21,22)(H,23,26). The maximum atomic E-state index is 12.1. The van der Waals surface area contributed by atoms with Crippen molar-refractivity contribution in [2.24, 2.45) is 5.10 Å². The number of phenolic OH excluding ortho intramolecular Hbond substituents is 2. The summed E-state index contributed by atoms with van der Waals surface area (Å²) in [5, 5.41) is 30.2. The zero-order chi connectivity index (χ0) is 18.7. The van der Waals surface area contributed by atoms with Gasteiger partial charge >= 0.3 is 0 Å². The van der Waals surface area contributed by atoms with E-state index in [-0.39, 0.29) is 17.2 Å². The molecule has 2 aromatic carbocycles. The van der Waals surface area contributed by atoms with E-state index < -0.39 is 5.91 Å². The summed E-state index contributed by atoms with van der Waals surface area (Å²) in [6.45, 7) is 0. The molecule has 0 aliphatic carbocycles. The minimum absolute atomic E-state index is 0.0745. The van der Waals surface area contributed by atoms with Gasteiger partial charge in [-0.05, 0) is 36.4 Å². The van der Waals surface area contributed by atoms with Gasteiger partial charge in [-0.25, -0.2) is 5.43 Å². The second-order valence-corrected chi connectivity index (χ2v) is 6.08. The highest BCUT2D eigenvalue weighted by atomic mass is 35.5. The molecule has 132 valence electrons. The molecule has 4 N–H and O–H groups in total. The van der Waals surface area contributed by atoms with Crippen LogP contribution < -0.4 is 5.43 Å². The van der Waals surface area contributed by atoms with Gasteiger partial charge in [-0.15, -0.1) is 0 Å². The molecule has 0 bridgehead atoms. The van der Waals surface area contributed by atoms with Crippen LogP contribution in [0.15, 0.2) is 47.6 Å². The van der Waals surface area contributed by atoms with Crippen LogP contribution in [0.4, 0.5) is 0 Å². The van der Waals surface area contributed by atoms with Crippen LogP contribution in [-0.2, 0) is 0 Å². The molecule has 0 saturated carbocycles. The van der Waals surface area contributed by atoms with Gasteiger partial charge in [0.2, 0.25) is 0 Å². The van der Waals surface area contributed by atoms with Crippen LogP contribution >= 0.6 is 23.2 Å². The summed E-state index contributed by atoms with van der Waals surface area (Å²) >= 11 is 12.0. The van der Waals surface area contributed by atoms with Crippen molar-refractivity contribution >= 4 is 35.3 Å². The van der Waals surface area contributed by atoms with Gasteiger partial charge in [0.05, 0.1) is 16.9 Å². The molecule has 0 atom stereocenters. The highest BCUT2D eigenvalue weighted by molar-refractivity contribution is 6.36. The molecular formula is C17H12Cl2N4O3. The first-order valence-corrected chi connectivity index (χ1v) is 8.06. The summed E-state index contributed by atoms with van der Waals surface area (Å²) in [4.78, 5) is 12.1. The number of rotatable bonds is 4. The van der Waals surface area contributed by atoms with Gasteiger partial charge in [-0.1, -0.05) is 23.2 Å². The number of benzene rings is 2. The Kier molecular flexibility index (Phi) is 5.11. The van der Waals surface area contributed by atoms with Crippen LogP contribution in [0.3, 0.4) is 0 Å². The quantitative estimate of drug-likeness (QED) is 0.403. The number of hydrogen-bond acceptors (Lipinski definition) is 5. The Labute approximate surface area is 157 Å². The Balaban J connectivity index is 1.71. The van der Waals surface area contributed by atoms with E-state index in [0.717, 1.165) is 0 Å². The summed E-state index contributed by atoms with van der Waals surface area (Å²) in [5.41, 5.74) is 3.93. The summed E-state index contributed by atoms with van der Waals surface area (Å²) in [6, 6.07) is 10.5. The van der Waals surface area contributed by atoms with Gasteiger partial charge in [0, 0.05) is 22.2 Å². The molecule has 0 fully saturated rings. The Bertz CT molecular complexity index is 1000. The molecule has 1 amide bonds. The highest BCUT2D eigenvalue weighted by Crippen LogP contribution is 2.29. The van der Waals surface area contributed by atoms with Gasteiger partial charge in [-0.3, -0.25) is 9.89 Å². The number of nitrogens with zero attached hydrogens (tertiary/aromatic N) is 2. The number of aromatic hydroxyl groups is 2. The van der Waals surface area contributed by atoms with E-state index in [4.69, 9.17) is 23.2 Å². The minimum atomic E-state index is -0.525. The van der Waals surface area contributed by atoms with Gasteiger partial charge in [0.1, 0.15) is 17.2 Å². The Hall–Kier alpha value is -3.03. The Morgan fingerprint density at radius 2 is 1.96 bits per heavy atom. The number of halogens is 2. The predicted molar refractivity (Wildman–Crippen MR) is 98.9 cm³/mol. The largest absolute Gasteiger partial charge is 0.508 e. The number of amides is 1. The molecule has 1 heterocycles. The number of hydrogen-bond donors (Lipinski definition) is 4. The number of aromatic nitrogens is 2. The third kappa shape index (κ3) is 3.96. The first-order valence-electron chi connectivity index (χ1n) is 7.30. The van der Waals surface area contributed by atoms with E-state index in [0.29, 0.717) is 26.9 Å². The molecule has 7 nitrogen and oxygen atoms in total. The van der Waals surface area contributed by atoms with Crippen LogP contribution in [0.2, 0.25) is 10.0 Å². The minimum Gasteiger partial charge on any atom is -0.508 e. The topological polar surface area (TPSA) is 111 Å². The number of hydrazone groups is 1. The molecule has 9 heteroatoms. The summed E-state index contributed by atoms with van der Waals surface area (Å²) in [7, 11) is 0. The van der Waals surface area contributed by atoms with Crippen LogP contribution in [-0.4, -0.2) is 32.5 Å². The fourth-order valence-electron chi connectivity index (χ4n) is 2.14. The molecular weight excluding hydrogens is 379 g/mol. The maximum Gasteiger partial charge on any atom is 0.289 e. The molecule has 26 heavy (non-hydrogen) atoms. The van der Waals surface area contributed by atoms with E-state index in [1.807, 2.05) is 0 Å². The zero-order valence-corrected chi connectivity index (χ0v) is 14.6. The number of nitrogens with one attached hydrogen (secondary N) is 2. The fourth-order valence-corrected chi connectivity index (χ4v) is 2.64. The van der Waals surface area contributed by atoms with Gasteiger partial charge in [0.25, 0.3) is 5.91 Å². The number of aromatic amines is 1. The third-order valence-electron chi connectivity index (χ3n) is 3.41. The van der Waals surface area contributed by atoms with Crippen LogP contribution in [0.25, 0.3) is 11.3 Å². The van der Waals surface area contributed by atoms with E-state index in [2.05, 4.69) is 20.7 Å². The van der Waals surface area contributed by atoms with Crippen molar-refractivity contribution in [3.8, 4) is 22.8 Å². The van der Waals surface area contributed by atoms with E-state index in [1.54, 1.807) is 18.2 Å². The summed E-state index contributed by atoms with van der Waals surface area (Å²) in [6.07, 6.45) is 1.25. The van der Waals surface area contributed by atoms with Crippen molar-refractivity contribution in [2.75, 3.05) is 0 Å². The first-order chi connectivity index (χ1) is 12.4. The third-order valence-corrected chi connectivity index (χ3v) is 3.96. The van der Waals surface area contributed by atoms with E-state index >= 15 is 0 Å². The molecule has 0 aliphatic rings. The van der Waals surface area contributed by atoms with Gasteiger partial charge < -0.3 is 10.2 Å². The normalized spacial score (nSPS) is 11.0. The SMILES string of the molecule is O=C(NN=Cc1ccc(O)cc1O)c1cc(-c2ccc(Cl)cc2Cl)n[nH]1. The number of H-pyrrole nitrogens is 1. The smallest absolute Gasteiger partial charge is 0.289 e. The van der Waals surface area contributed by atoms with Crippen molar-refractivity contribution in [3.05, 3.63) is 63.8 Å². The lowest BCUT2D eigenvalue weighted by atomic mass is 10.1. The highest BCUT2D eigenvalue weighted by Gasteiger charge is 2.13. The lowest BCUT2D eigenvalue weighted by molar-refractivity contribution is 0.0950. The number of carbonyl (C=O) groups excluding carboxylic acids is 1. The molecule has 0 spiro atoms. The number of carbonyl (C=O) groups is 1. The zero-order valence-electron chi connectivity index (χ0n) is 13.1. The molecule has 3 aromatic rings. The molecule has 1 aromatic heterocycles. The predicted octanol–water partition coefficient (Wildman–Crippen LogP) is 3.56. The molecule has 0 saturated heterocycles. The van der Waals surface area contributed by atoms with Crippen molar-refractivity contribution in [1.29, 1.82) is 0 Å². The second kappa shape index (κ2) is 7.47. The lowest BCUT2D eigenvalue weighted by Crippen LogP contribution is -2.18. The van der Waals surface area contributed by atoms with Crippen molar-refractivity contribution in [2.45, 2.75) is 0 Å². The molecule has 0 aliphatic heterocycles. The average molecular weight is 391 g/mol. The second-order valence-electron chi connectivity index (χ2n) is 5.23.